The van der Waals surface area contributed by atoms with Crippen LogP contribution in [-0.2, 0) is 4.79 Å². The first-order valence-corrected chi connectivity index (χ1v) is 8.10. The Balaban J connectivity index is 3.11. The van der Waals surface area contributed by atoms with Crippen molar-refractivity contribution in [3.05, 3.63) is 28.2 Å². The largest absolute Gasteiger partial charge is 0.392 e. The van der Waals surface area contributed by atoms with Crippen LogP contribution in [0.15, 0.2) is 18.2 Å². The Morgan fingerprint density at radius 2 is 1.86 bits per heavy atom. The molecule has 0 unspecified atom stereocenters. The maximum absolute atomic E-state index is 12.7. The summed E-state index contributed by atoms with van der Waals surface area (Å²) in [7, 11) is 0. The van der Waals surface area contributed by atoms with Gasteiger partial charge < -0.3 is 11.1 Å². The number of nitrogens with two attached hydrogens (primary N) is 1. The van der Waals surface area contributed by atoms with Crippen LogP contribution in [-0.4, -0.2) is 10.9 Å². The molecule has 1 amide bonds. The molecule has 0 saturated carbocycles. The third-order valence-electron chi connectivity index (χ3n) is 3.46. The van der Waals surface area contributed by atoms with E-state index in [0.717, 1.165) is 12.8 Å². The maximum Gasteiger partial charge on any atom is 0.237 e. The number of nitrogens with one attached hydrogen (secondary N) is 1. The highest BCUT2D eigenvalue weighted by molar-refractivity contribution is 7.80. The van der Waals surface area contributed by atoms with Crippen LogP contribution in [0.1, 0.15) is 39.5 Å². The van der Waals surface area contributed by atoms with Crippen molar-refractivity contribution in [1.29, 1.82) is 0 Å². The SMILES string of the molecule is CCCC(CCC)(C(=O)Nc1cccc(Cl)c1Cl)C(N)=S. The molecule has 6 heteroatoms. The van der Waals surface area contributed by atoms with E-state index >= 15 is 0 Å². The third-order valence-corrected chi connectivity index (χ3v) is 4.67. The Morgan fingerprint density at radius 3 is 2.33 bits per heavy atom. The van der Waals surface area contributed by atoms with Crippen LogP contribution in [0, 0.1) is 5.41 Å². The van der Waals surface area contributed by atoms with Crippen LogP contribution in [0.3, 0.4) is 0 Å². The van der Waals surface area contributed by atoms with E-state index < -0.39 is 5.41 Å². The molecule has 0 radical (unpaired) electrons. The van der Waals surface area contributed by atoms with E-state index in [1.165, 1.54) is 0 Å². The average Bonchev–Trinajstić information content (AvgIpc) is 2.43. The van der Waals surface area contributed by atoms with Crippen molar-refractivity contribution in [2.45, 2.75) is 39.5 Å². The van der Waals surface area contributed by atoms with Gasteiger partial charge in [-0.15, -0.1) is 0 Å². The maximum atomic E-state index is 12.7. The molecule has 1 aromatic carbocycles. The average molecular weight is 347 g/mol. The van der Waals surface area contributed by atoms with Gasteiger partial charge in [-0.05, 0) is 25.0 Å². The Labute approximate surface area is 141 Å². The Hall–Kier alpha value is -0.840. The number of thiocarbonyl (C=S) groups is 1. The number of carbonyl (C=O) groups is 1. The van der Waals surface area contributed by atoms with Gasteiger partial charge in [0.1, 0.15) is 0 Å². The van der Waals surface area contributed by atoms with E-state index in [0.29, 0.717) is 28.6 Å². The topological polar surface area (TPSA) is 55.1 Å². The molecule has 21 heavy (non-hydrogen) atoms. The predicted octanol–water partition coefficient (Wildman–Crippen LogP) is 4.80. The molecule has 116 valence electrons. The molecule has 1 rings (SSSR count). The van der Waals surface area contributed by atoms with Gasteiger partial charge in [-0.1, -0.05) is 68.2 Å². The Kier molecular flexibility index (Phi) is 6.91. The molecule has 0 heterocycles. The fourth-order valence-corrected chi connectivity index (χ4v) is 3.05. The molecular weight excluding hydrogens is 327 g/mol. The minimum absolute atomic E-state index is 0.220. The second kappa shape index (κ2) is 7.97. The van der Waals surface area contributed by atoms with E-state index in [-0.39, 0.29) is 10.9 Å². The van der Waals surface area contributed by atoms with E-state index in [1.807, 2.05) is 13.8 Å². The van der Waals surface area contributed by atoms with Crippen LogP contribution < -0.4 is 11.1 Å². The zero-order valence-electron chi connectivity index (χ0n) is 12.2. The van der Waals surface area contributed by atoms with Crippen molar-refractivity contribution >= 4 is 52.0 Å². The van der Waals surface area contributed by atoms with Gasteiger partial charge in [0.05, 0.1) is 26.1 Å². The lowest BCUT2D eigenvalue weighted by Crippen LogP contribution is -2.46. The van der Waals surface area contributed by atoms with Crippen LogP contribution >= 0.6 is 35.4 Å². The number of rotatable bonds is 7. The molecule has 0 atom stereocenters. The van der Waals surface area contributed by atoms with Crippen molar-refractivity contribution in [3.8, 4) is 0 Å². The second-order valence-electron chi connectivity index (χ2n) is 5.00. The first kappa shape index (κ1) is 18.2. The number of benzene rings is 1. The van der Waals surface area contributed by atoms with E-state index in [9.17, 15) is 4.79 Å². The van der Waals surface area contributed by atoms with Gasteiger partial charge in [0.2, 0.25) is 5.91 Å². The molecule has 0 aliphatic heterocycles. The lowest BCUT2D eigenvalue weighted by Gasteiger charge is -2.31. The molecule has 0 saturated heterocycles. The summed E-state index contributed by atoms with van der Waals surface area (Å²) < 4.78 is 0. The van der Waals surface area contributed by atoms with Crippen LogP contribution in [0.5, 0.6) is 0 Å². The fourth-order valence-electron chi connectivity index (χ4n) is 2.41. The van der Waals surface area contributed by atoms with E-state index in [4.69, 9.17) is 41.2 Å². The summed E-state index contributed by atoms with van der Waals surface area (Å²) in [5.41, 5.74) is 5.51. The van der Waals surface area contributed by atoms with Crippen molar-refractivity contribution in [1.82, 2.24) is 0 Å². The number of halogens is 2. The smallest absolute Gasteiger partial charge is 0.237 e. The number of anilines is 1. The molecule has 0 aliphatic rings. The van der Waals surface area contributed by atoms with Gasteiger partial charge in [-0.25, -0.2) is 0 Å². The van der Waals surface area contributed by atoms with E-state index in [2.05, 4.69) is 5.32 Å². The summed E-state index contributed by atoms with van der Waals surface area (Å²) in [5.74, 6) is -0.220. The zero-order valence-corrected chi connectivity index (χ0v) is 14.5. The lowest BCUT2D eigenvalue weighted by atomic mass is 9.78. The van der Waals surface area contributed by atoms with E-state index in [1.54, 1.807) is 18.2 Å². The number of hydrogen-bond donors (Lipinski definition) is 2. The second-order valence-corrected chi connectivity index (χ2v) is 6.23. The Morgan fingerprint density at radius 1 is 1.29 bits per heavy atom. The molecule has 1 aromatic rings. The summed E-state index contributed by atoms with van der Waals surface area (Å²) in [6.45, 7) is 4.00. The number of amides is 1. The van der Waals surface area contributed by atoms with Crippen molar-refractivity contribution in [2.24, 2.45) is 11.1 Å². The van der Waals surface area contributed by atoms with Gasteiger partial charge in [0.15, 0.2) is 0 Å². The molecule has 0 spiro atoms. The van der Waals surface area contributed by atoms with Crippen LogP contribution in [0.25, 0.3) is 0 Å². The highest BCUT2D eigenvalue weighted by Crippen LogP contribution is 2.35. The van der Waals surface area contributed by atoms with Gasteiger partial charge in [0, 0.05) is 0 Å². The molecule has 0 aliphatic carbocycles. The minimum Gasteiger partial charge on any atom is -0.392 e. The predicted molar refractivity (Wildman–Crippen MR) is 94.1 cm³/mol. The summed E-state index contributed by atoms with van der Waals surface area (Å²) in [5, 5.41) is 3.53. The molecular formula is C15H20Cl2N2OS. The van der Waals surface area contributed by atoms with Gasteiger partial charge in [0.25, 0.3) is 0 Å². The Bertz CT molecular complexity index is 528. The molecule has 3 nitrogen and oxygen atoms in total. The quantitative estimate of drug-likeness (QED) is 0.696. The molecule has 0 aromatic heterocycles. The highest BCUT2D eigenvalue weighted by Gasteiger charge is 2.40. The lowest BCUT2D eigenvalue weighted by molar-refractivity contribution is -0.122. The minimum atomic E-state index is -0.843. The summed E-state index contributed by atoms with van der Waals surface area (Å²) >= 11 is 17.2. The van der Waals surface area contributed by atoms with Crippen LogP contribution in [0.4, 0.5) is 5.69 Å². The van der Waals surface area contributed by atoms with Gasteiger partial charge in [-0.2, -0.15) is 0 Å². The van der Waals surface area contributed by atoms with Crippen molar-refractivity contribution < 1.29 is 4.79 Å². The van der Waals surface area contributed by atoms with Gasteiger partial charge in [-0.3, -0.25) is 4.79 Å². The van der Waals surface area contributed by atoms with Gasteiger partial charge >= 0.3 is 0 Å². The molecule has 0 fully saturated rings. The van der Waals surface area contributed by atoms with Crippen LogP contribution in [0.2, 0.25) is 10.0 Å². The number of carbonyl (C=O) groups excluding carboxylic acids is 1. The van der Waals surface area contributed by atoms with Crippen molar-refractivity contribution in [2.75, 3.05) is 5.32 Å². The fraction of sp³-hybridized carbons (Fsp3) is 0.467. The monoisotopic (exact) mass is 346 g/mol. The number of hydrogen-bond acceptors (Lipinski definition) is 2. The highest BCUT2D eigenvalue weighted by atomic mass is 35.5. The summed E-state index contributed by atoms with van der Waals surface area (Å²) in [6, 6.07) is 5.10. The standard InChI is InChI=1S/C15H20Cl2N2OS/c1-3-8-15(9-4-2,13(18)21)14(20)19-11-7-5-6-10(16)12(11)17/h5-7H,3-4,8-9H2,1-2H3,(H2,18,21)(H,19,20). The zero-order chi connectivity index (χ0) is 16.0. The van der Waals surface area contributed by atoms with Crippen molar-refractivity contribution in [3.63, 3.8) is 0 Å². The third kappa shape index (κ3) is 4.09. The first-order valence-electron chi connectivity index (χ1n) is 6.94. The summed E-state index contributed by atoms with van der Waals surface area (Å²) in [6.07, 6.45) is 2.85. The summed E-state index contributed by atoms with van der Waals surface area (Å²) in [4.78, 5) is 13.0. The molecule has 0 bridgehead atoms. The first-order chi connectivity index (χ1) is 9.89. The normalized spacial score (nSPS) is 11.2. The molecule has 3 N–H and O–H groups in total.